The molecular weight excluding hydrogens is 299 g/mol. The Hall–Kier alpha value is -1.46. The van der Waals surface area contributed by atoms with E-state index in [0.29, 0.717) is 16.8 Å². The molecule has 94 valence electrons. The van der Waals surface area contributed by atoms with E-state index < -0.39 is 5.82 Å². The van der Waals surface area contributed by atoms with Gasteiger partial charge >= 0.3 is 0 Å². The maximum atomic E-state index is 13.6. The van der Waals surface area contributed by atoms with Gasteiger partial charge in [-0.1, -0.05) is 12.1 Å². The van der Waals surface area contributed by atoms with Gasteiger partial charge in [0, 0.05) is 17.2 Å². The summed E-state index contributed by atoms with van der Waals surface area (Å²) in [6.45, 7) is 2.29. The molecule has 0 unspecified atom stereocenters. The largest absolute Gasteiger partial charge is 0.436 e. The zero-order chi connectivity index (χ0) is 13.1. The lowest BCUT2D eigenvalue weighted by Gasteiger charge is -2.10. The van der Waals surface area contributed by atoms with Gasteiger partial charge in [-0.05, 0) is 46.1 Å². The van der Waals surface area contributed by atoms with Gasteiger partial charge in [-0.2, -0.15) is 0 Å². The predicted molar refractivity (Wildman–Crippen MR) is 71.0 cm³/mol. The molecule has 0 spiro atoms. The number of benzene rings is 1. The minimum atomic E-state index is -0.512. The summed E-state index contributed by atoms with van der Waals surface area (Å²) >= 11 is 3.14. The van der Waals surface area contributed by atoms with E-state index in [2.05, 4.69) is 20.9 Å². The minimum Gasteiger partial charge on any atom is -0.436 e. The maximum absolute atomic E-state index is 13.6. The zero-order valence-electron chi connectivity index (χ0n) is 9.78. The average Bonchev–Trinajstić information content (AvgIpc) is 2.35. The van der Waals surface area contributed by atoms with E-state index in [4.69, 9.17) is 10.5 Å². The Kier molecular flexibility index (Phi) is 3.93. The lowest BCUT2D eigenvalue weighted by atomic mass is 10.1. The van der Waals surface area contributed by atoms with E-state index in [1.165, 1.54) is 12.3 Å². The lowest BCUT2D eigenvalue weighted by molar-refractivity contribution is 0.419. The second kappa shape index (κ2) is 5.46. The normalized spacial score (nSPS) is 10.4. The first-order valence-corrected chi connectivity index (χ1v) is 6.18. The molecule has 1 aromatic heterocycles. The van der Waals surface area contributed by atoms with E-state index in [0.717, 1.165) is 11.1 Å². The average molecular weight is 311 g/mol. The third-order valence-corrected chi connectivity index (χ3v) is 2.90. The number of hydrogen-bond donors (Lipinski definition) is 1. The maximum Gasteiger partial charge on any atom is 0.255 e. The fourth-order valence-corrected chi connectivity index (χ4v) is 1.77. The van der Waals surface area contributed by atoms with Crippen molar-refractivity contribution in [2.24, 2.45) is 5.73 Å². The van der Waals surface area contributed by atoms with E-state index in [-0.39, 0.29) is 5.88 Å². The lowest BCUT2D eigenvalue weighted by Crippen LogP contribution is -1.98. The van der Waals surface area contributed by atoms with Gasteiger partial charge in [0.25, 0.3) is 5.88 Å². The van der Waals surface area contributed by atoms with Gasteiger partial charge in [0.2, 0.25) is 0 Å². The molecule has 2 rings (SSSR count). The molecule has 0 aliphatic heterocycles. The number of aromatic nitrogens is 1. The Balaban J connectivity index is 2.33. The number of nitrogens with two attached hydrogens (primary N) is 1. The number of halogens is 2. The summed E-state index contributed by atoms with van der Waals surface area (Å²) in [5.74, 6) is 0.00377. The van der Waals surface area contributed by atoms with Crippen molar-refractivity contribution in [3.05, 3.63) is 51.9 Å². The van der Waals surface area contributed by atoms with Crippen molar-refractivity contribution in [2.45, 2.75) is 13.5 Å². The van der Waals surface area contributed by atoms with E-state index >= 15 is 0 Å². The monoisotopic (exact) mass is 310 g/mol. The van der Waals surface area contributed by atoms with Crippen molar-refractivity contribution in [3.8, 4) is 11.6 Å². The van der Waals surface area contributed by atoms with Crippen molar-refractivity contribution < 1.29 is 9.13 Å². The van der Waals surface area contributed by atoms with Crippen molar-refractivity contribution in [1.82, 2.24) is 4.98 Å². The van der Waals surface area contributed by atoms with Crippen LogP contribution in [0.15, 0.2) is 34.9 Å². The Labute approximate surface area is 113 Å². The summed E-state index contributed by atoms with van der Waals surface area (Å²) < 4.78 is 19.7. The van der Waals surface area contributed by atoms with Crippen molar-refractivity contribution in [1.29, 1.82) is 0 Å². The van der Waals surface area contributed by atoms with E-state index in [9.17, 15) is 4.39 Å². The molecular formula is C13H12BrFN2O. The second-order valence-corrected chi connectivity index (χ2v) is 4.76. The number of hydrogen-bond acceptors (Lipinski definition) is 3. The Morgan fingerprint density at radius 1 is 1.39 bits per heavy atom. The third kappa shape index (κ3) is 2.86. The van der Waals surface area contributed by atoms with Gasteiger partial charge in [0.15, 0.2) is 5.82 Å². The highest BCUT2D eigenvalue weighted by Gasteiger charge is 2.09. The van der Waals surface area contributed by atoms with Crippen LogP contribution in [-0.4, -0.2) is 4.98 Å². The molecule has 0 saturated heterocycles. The quantitative estimate of drug-likeness (QED) is 0.943. The molecule has 2 N–H and O–H groups in total. The molecule has 0 amide bonds. The van der Waals surface area contributed by atoms with Crippen LogP contribution in [0.3, 0.4) is 0 Å². The molecule has 0 atom stereocenters. The van der Waals surface area contributed by atoms with Crippen LogP contribution in [0.4, 0.5) is 4.39 Å². The molecule has 0 aliphatic carbocycles. The van der Waals surface area contributed by atoms with Crippen molar-refractivity contribution in [2.75, 3.05) is 0 Å². The summed E-state index contributed by atoms with van der Waals surface area (Å²) in [7, 11) is 0. The minimum absolute atomic E-state index is 0.0459. The molecule has 0 bridgehead atoms. The van der Waals surface area contributed by atoms with E-state index in [1.54, 1.807) is 6.07 Å². The Morgan fingerprint density at radius 2 is 2.17 bits per heavy atom. The number of ether oxygens (including phenoxy) is 1. The SMILES string of the molecule is Cc1ccc(CN)cc1Oc1ncc(Br)cc1F. The fraction of sp³-hybridized carbons (Fsp3) is 0.154. The summed E-state index contributed by atoms with van der Waals surface area (Å²) in [6.07, 6.45) is 1.49. The summed E-state index contributed by atoms with van der Waals surface area (Å²) in [5, 5.41) is 0. The summed E-state index contributed by atoms with van der Waals surface area (Å²) in [6, 6.07) is 6.89. The standard InChI is InChI=1S/C13H12BrFN2O/c1-8-2-3-9(6-16)4-12(8)18-13-11(15)5-10(14)7-17-13/h2-5,7H,6,16H2,1H3. The third-order valence-electron chi connectivity index (χ3n) is 2.47. The van der Waals surface area contributed by atoms with Crippen LogP contribution in [0.2, 0.25) is 0 Å². The molecule has 2 aromatic rings. The number of nitrogens with zero attached hydrogens (tertiary/aromatic N) is 1. The van der Waals surface area contributed by atoms with Crippen LogP contribution in [-0.2, 0) is 6.54 Å². The van der Waals surface area contributed by atoms with Crippen LogP contribution < -0.4 is 10.5 Å². The van der Waals surface area contributed by atoms with E-state index in [1.807, 2.05) is 19.1 Å². The van der Waals surface area contributed by atoms with Gasteiger partial charge in [0.1, 0.15) is 5.75 Å². The molecule has 1 heterocycles. The Bertz CT molecular complexity index is 575. The first kappa shape index (κ1) is 13.0. The van der Waals surface area contributed by atoms with Crippen molar-refractivity contribution >= 4 is 15.9 Å². The molecule has 1 aromatic carbocycles. The molecule has 18 heavy (non-hydrogen) atoms. The predicted octanol–water partition coefficient (Wildman–Crippen LogP) is 3.54. The van der Waals surface area contributed by atoms with Crippen LogP contribution in [0.5, 0.6) is 11.6 Å². The summed E-state index contributed by atoms with van der Waals surface area (Å²) in [5.41, 5.74) is 7.38. The van der Waals surface area contributed by atoms with Crippen molar-refractivity contribution in [3.63, 3.8) is 0 Å². The molecule has 0 fully saturated rings. The molecule has 0 aliphatic rings. The highest BCUT2D eigenvalue weighted by molar-refractivity contribution is 9.10. The highest BCUT2D eigenvalue weighted by atomic mass is 79.9. The fourth-order valence-electron chi connectivity index (χ4n) is 1.46. The number of aryl methyl sites for hydroxylation is 1. The molecule has 0 radical (unpaired) electrons. The van der Waals surface area contributed by atoms with Gasteiger partial charge < -0.3 is 10.5 Å². The Morgan fingerprint density at radius 3 is 2.83 bits per heavy atom. The zero-order valence-corrected chi connectivity index (χ0v) is 11.4. The first-order chi connectivity index (χ1) is 8.60. The molecule has 5 heteroatoms. The smallest absolute Gasteiger partial charge is 0.255 e. The van der Waals surface area contributed by atoms with Gasteiger partial charge in [0.05, 0.1) is 0 Å². The van der Waals surface area contributed by atoms with Gasteiger partial charge in [-0.3, -0.25) is 0 Å². The summed E-state index contributed by atoms with van der Waals surface area (Å²) in [4.78, 5) is 3.89. The van der Waals surface area contributed by atoms with Crippen LogP contribution >= 0.6 is 15.9 Å². The molecule has 3 nitrogen and oxygen atoms in total. The number of pyridine rings is 1. The second-order valence-electron chi connectivity index (χ2n) is 3.85. The number of rotatable bonds is 3. The van der Waals surface area contributed by atoms with Gasteiger partial charge in [-0.15, -0.1) is 0 Å². The van der Waals surface area contributed by atoms with Gasteiger partial charge in [-0.25, -0.2) is 9.37 Å². The highest BCUT2D eigenvalue weighted by Crippen LogP contribution is 2.27. The van der Waals surface area contributed by atoms with Crippen LogP contribution in [0.25, 0.3) is 0 Å². The molecule has 0 saturated carbocycles. The van der Waals surface area contributed by atoms with Crippen LogP contribution in [0, 0.1) is 12.7 Å². The first-order valence-electron chi connectivity index (χ1n) is 5.38. The van der Waals surface area contributed by atoms with Crippen LogP contribution in [0.1, 0.15) is 11.1 Å². The topological polar surface area (TPSA) is 48.1 Å².